The number of anilines is 1. The highest BCUT2D eigenvalue weighted by molar-refractivity contribution is 6.28. The van der Waals surface area contributed by atoms with Gasteiger partial charge < -0.3 is 40.3 Å². The van der Waals surface area contributed by atoms with Crippen LogP contribution in [0.15, 0.2) is 61.2 Å². The fraction of sp³-hybridized carbons (Fsp3) is 0.440. The molecule has 10 rings (SSSR count). The monoisotopic (exact) mass is 924 g/mol. The molecule has 348 valence electrons. The number of aromatic amines is 2. The maximum Gasteiger partial charge on any atom is 0.410 e. The SMILES string of the molecule is CC(C)(C)OC(=O)N1[C@H]2CC[C@@H]1[C@H](N)C2.[C-]#[N+]c1ccc2c(-c3nc(Cl)ncc3C)c[nH]c2c1.[C-]#[N+]c1ccc2c(-c3nc(NC4C[C@@H]5CC[C@H]4N5C(=O)OC(C)(C)C)ncc3C)c[nH]c2c1. The Labute approximate surface area is 395 Å². The third-order valence-corrected chi connectivity index (χ3v) is 12.8. The standard InChI is InChI=1S/C25H28N6O2.C14H9ClN4.C11H20N2O2/c1-14-12-28-23(30-22(14)18-13-27-19-10-15(26-5)6-8-17(18)19)29-20-11-16-7-9-21(20)31(16)24(32)33-25(2,3)4;1-8-6-18-14(15)19-13(8)11-7-17-12-5-9(16-2)3-4-10(11)12;1-11(2,3)15-10(14)13-7-4-5-9(13)8(12)6-7/h6,8,10,12-13,16,20-21,27H,7,9,11H2,1-4H3,(H,28,29,30);3-7,17H,1H3;7-9H,4-6,12H2,1-3H3/t16-,20?,21+;;7-,8+,9+/m0.0/s1. The van der Waals surface area contributed by atoms with E-state index in [-0.39, 0.29) is 47.7 Å². The van der Waals surface area contributed by atoms with Crippen LogP contribution in [0.25, 0.3) is 54.0 Å². The number of ether oxygens (including phenoxy) is 2. The number of nitrogens with one attached hydrogen (secondary N) is 3. The molecule has 4 bridgehead atoms. The molecule has 1 unspecified atom stereocenters. The van der Waals surface area contributed by atoms with Gasteiger partial charge in [0.2, 0.25) is 11.2 Å². The molecular formula is C50H57ClN12O4. The minimum Gasteiger partial charge on any atom is -0.444 e. The van der Waals surface area contributed by atoms with E-state index >= 15 is 0 Å². The average molecular weight is 926 g/mol. The Morgan fingerprint density at radius 2 is 1.24 bits per heavy atom. The van der Waals surface area contributed by atoms with E-state index in [1.165, 1.54) is 0 Å². The Bertz CT molecular complexity index is 2920. The molecule has 4 aromatic heterocycles. The number of benzene rings is 2. The number of nitrogens with zero attached hydrogens (tertiary/aromatic N) is 8. The van der Waals surface area contributed by atoms with Crippen LogP contribution >= 0.6 is 11.6 Å². The van der Waals surface area contributed by atoms with Crippen LogP contribution in [0.5, 0.6) is 0 Å². The fourth-order valence-electron chi connectivity index (χ4n) is 9.78. The highest BCUT2D eigenvalue weighted by atomic mass is 35.5. The highest BCUT2D eigenvalue weighted by Crippen LogP contribution is 2.41. The van der Waals surface area contributed by atoms with Gasteiger partial charge in [-0.05, 0) is 129 Å². The minimum atomic E-state index is -0.508. The van der Waals surface area contributed by atoms with Gasteiger partial charge in [0.05, 0.1) is 42.7 Å². The minimum absolute atomic E-state index is 0.0818. The average Bonchev–Trinajstić information content (AvgIpc) is 4.14. The molecule has 4 saturated heterocycles. The molecule has 2 aromatic carbocycles. The van der Waals surface area contributed by atoms with E-state index in [0.29, 0.717) is 23.4 Å². The molecule has 4 aliphatic rings. The molecule has 0 radical (unpaired) electrons. The van der Waals surface area contributed by atoms with Crippen molar-refractivity contribution in [2.75, 3.05) is 5.32 Å². The van der Waals surface area contributed by atoms with E-state index in [1.807, 2.05) is 114 Å². The van der Waals surface area contributed by atoms with E-state index < -0.39 is 11.2 Å². The van der Waals surface area contributed by atoms with E-state index in [2.05, 4.69) is 39.9 Å². The number of hydrogen-bond donors (Lipinski definition) is 4. The predicted molar refractivity (Wildman–Crippen MR) is 260 cm³/mol. The lowest BCUT2D eigenvalue weighted by Crippen LogP contribution is -2.43. The van der Waals surface area contributed by atoms with Crippen LogP contribution in [0.3, 0.4) is 0 Å². The lowest BCUT2D eigenvalue weighted by Gasteiger charge is -2.28. The summed E-state index contributed by atoms with van der Waals surface area (Å²) in [5.41, 5.74) is 13.6. The topological polar surface area (TPSA) is 189 Å². The van der Waals surface area contributed by atoms with Gasteiger partial charge in [-0.15, -0.1) is 0 Å². The predicted octanol–water partition coefficient (Wildman–Crippen LogP) is 11.1. The number of carbonyl (C=O) groups excluding carboxylic acids is 2. The van der Waals surface area contributed by atoms with Crippen LogP contribution in [-0.2, 0) is 9.47 Å². The summed E-state index contributed by atoms with van der Waals surface area (Å²) in [7, 11) is 0. The van der Waals surface area contributed by atoms with Gasteiger partial charge in [-0.2, -0.15) is 0 Å². The van der Waals surface area contributed by atoms with Crippen LogP contribution < -0.4 is 11.1 Å². The molecule has 67 heavy (non-hydrogen) atoms. The molecule has 0 saturated carbocycles. The van der Waals surface area contributed by atoms with Crippen molar-refractivity contribution in [2.45, 2.75) is 141 Å². The zero-order chi connectivity index (χ0) is 47.9. The Morgan fingerprint density at radius 1 is 0.746 bits per heavy atom. The van der Waals surface area contributed by atoms with E-state index in [9.17, 15) is 9.59 Å². The van der Waals surface area contributed by atoms with Crippen molar-refractivity contribution < 1.29 is 19.1 Å². The normalized spacial score (nSPS) is 21.6. The Morgan fingerprint density at radius 3 is 1.73 bits per heavy atom. The molecular weight excluding hydrogens is 868 g/mol. The number of amides is 2. The maximum atomic E-state index is 12.8. The smallest absolute Gasteiger partial charge is 0.410 e. The number of H-pyrrole nitrogens is 2. The number of carbonyl (C=O) groups is 2. The molecule has 2 amide bonds. The summed E-state index contributed by atoms with van der Waals surface area (Å²) in [6.07, 6.45) is 12.8. The van der Waals surface area contributed by atoms with Gasteiger partial charge in [0.25, 0.3) is 0 Å². The molecule has 6 aromatic rings. The summed E-state index contributed by atoms with van der Waals surface area (Å²) in [6.45, 7) is 29.6. The van der Waals surface area contributed by atoms with Crippen molar-refractivity contribution in [1.82, 2.24) is 39.7 Å². The van der Waals surface area contributed by atoms with Gasteiger partial charge in [-0.3, -0.25) is 0 Å². The quantitative estimate of drug-likeness (QED) is 0.0978. The van der Waals surface area contributed by atoms with Crippen LogP contribution in [0, 0.1) is 27.0 Å². The van der Waals surface area contributed by atoms with Crippen molar-refractivity contribution in [3.8, 4) is 22.5 Å². The van der Waals surface area contributed by atoms with Crippen LogP contribution in [0.4, 0.5) is 26.9 Å². The van der Waals surface area contributed by atoms with E-state index in [4.69, 9.17) is 44.9 Å². The second-order valence-corrected chi connectivity index (χ2v) is 20.1. The first-order valence-corrected chi connectivity index (χ1v) is 23.0. The molecule has 6 atom stereocenters. The van der Waals surface area contributed by atoms with E-state index in [0.717, 1.165) is 94.0 Å². The third-order valence-electron chi connectivity index (χ3n) is 12.7. The van der Waals surface area contributed by atoms with Gasteiger partial charge >= 0.3 is 12.2 Å². The lowest BCUT2D eigenvalue weighted by atomic mass is 9.96. The summed E-state index contributed by atoms with van der Waals surface area (Å²) < 4.78 is 11.0. The first-order chi connectivity index (χ1) is 31.8. The van der Waals surface area contributed by atoms with Crippen molar-refractivity contribution >= 4 is 62.9 Å². The number of hydrogen-bond acceptors (Lipinski definition) is 10. The summed E-state index contributed by atoms with van der Waals surface area (Å²) in [4.78, 5) is 59.4. The molecule has 4 aliphatic heterocycles. The zero-order valence-electron chi connectivity index (χ0n) is 39.1. The Kier molecular flexibility index (Phi) is 12.9. The number of aryl methyl sites for hydroxylation is 2. The summed E-state index contributed by atoms with van der Waals surface area (Å²) in [5, 5.41) is 5.76. The summed E-state index contributed by atoms with van der Waals surface area (Å²) in [5.74, 6) is 0.560. The first-order valence-electron chi connectivity index (χ1n) is 22.7. The molecule has 5 N–H and O–H groups in total. The lowest BCUT2D eigenvalue weighted by molar-refractivity contribution is 0.0202. The van der Waals surface area contributed by atoms with Gasteiger partial charge in [0, 0.05) is 75.8 Å². The van der Waals surface area contributed by atoms with Crippen molar-refractivity contribution in [3.63, 3.8) is 0 Å². The van der Waals surface area contributed by atoms with E-state index in [1.54, 1.807) is 12.3 Å². The molecule has 16 nitrogen and oxygen atoms in total. The highest BCUT2D eigenvalue weighted by Gasteiger charge is 2.50. The van der Waals surface area contributed by atoms with Gasteiger partial charge in [-0.1, -0.05) is 24.3 Å². The van der Waals surface area contributed by atoms with Crippen molar-refractivity contribution in [2.24, 2.45) is 5.73 Å². The van der Waals surface area contributed by atoms with Gasteiger partial charge in [0.15, 0.2) is 11.4 Å². The van der Waals surface area contributed by atoms with Crippen molar-refractivity contribution in [1.29, 1.82) is 0 Å². The second-order valence-electron chi connectivity index (χ2n) is 19.7. The zero-order valence-corrected chi connectivity index (χ0v) is 39.9. The number of rotatable bonds is 4. The molecule has 17 heteroatoms. The van der Waals surface area contributed by atoms with Crippen LogP contribution in [0.1, 0.15) is 91.2 Å². The van der Waals surface area contributed by atoms with Crippen molar-refractivity contribution in [3.05, 3.63) is 100 Å². The van der Waals surface area contributed by atoms with Gasteiger partial charge in [0.1, 0.15) is 11.2 Å². The Balaban J connectivity index is 0.000000151. The fourth-order valence-corrected chi connectivity index (χ4v) is 9.91. The number of halogens is 1. The molecule has 8 heterocycles. The summed E-state index contributed by atoms with van der Waals surface area (Å²) >= 11 is 5.86. The molecule has 0 aliphatic carbocycles. The summed E-state index contributed by atoms with van der Waals surface area (Å²) in [6, 6.07) is 12.2. The van der Waals surface area contributed by atoms with Gasteiger partial charge in [-0.25, -0.2) is 39.2 Å². The second kappa shape index (κ2) is 18.5. The molecule has 0 spiro atoms. The Hall–Kier alpha value is -6.75. The first kappa shape index (κ1) is 46.8. The number of nitrogens with two attached hydrogens (primary N) is 1. The third kappa shape index (κ3) is 10.0. The number of fused-ring (bicyclic) bond motifs is 6. The molecule has 4 fully saturated rings. The van der Waals surface area contributed by atoms with Crippen LogP contribution in [-0.4, -0.2) is 99.3 Å². The van der Waals surface area contributed by atoms with Crippen LogP contribution in [0.2, 0.25) is 5.28 Å². The maximum absolute atomic E-state index is 12.8. The largest absolute Gasteiger partial charge is 0.444 e. The number of aromatic nitrogens is 6.